The van der Waals surface area contributed by atoms with Gasteiger partial charge in [-0.15, -0.1) is 0 Å². The summed E-state index contributed by atoms with van der Waals surface area (Å²) in [6.45, 7) is 1.99. The van der Waals surface area contributed by atoms with Crippen molar-refractivity contribution in [3.05, 3.63) is 28.2 Å². The lowest BCUT2D eigenvalue weighted by atomic mass is 9.84. The van der Waals surface area contributed by atoms with E-state index in [1.807, 2.05) is 25.1 Å². The van der Waals surface area contributed by atoms with Gasteiger partial charge in [-0.2, -0.15) is 0 Å². The van der Waals surface area contributed by atoms with Gasteiger partial charge in [0.05, 0.1) is 5.92 Å². The molecule has 0 spiro atoms. The number of hydrogen-bond donors (Lipinski definition) is 2. The minimum absolute atomic E-state index is 0.00575. The largest absolute Gasteiger partial charge is 0.327 e. The molecule has 4 heteroatoms. The van der Waals surface area contributed by atoms with Crippen molar-refractivity contribution in [3.63, 3.8) is 0 Å². The Balaban J connectivity index is 2.08. The first-order chi connectivity index (χ1) is 8.58. The molecule has 0 aliphatic heterocycles. The van der Waals surface area contributed by atoms with Crippen LogP contribution in [0, 0.1) is 12.8 Å². The van der Waals surface area contributed by atoms with Crippen LogP contribution in [0.15, 0.2) is 22.7 Å². The van der Waals surface area contributed by atoms with Gasteiger partial charge in [-0.25, -0.2) is 0 Å². The predicted molar refractivity (Wildman–Crippen MR) is 77.4 cm³/mol. The van der Waals surface area contributed by atoms with Crippen LogP contribution in [-0.2, 0) is 4.79 Å². The van der Waals surface area contributed by atoms with E-state index in [1.165, 1.54) is 0 Å². The Morgan fingerprint density at radius 2 is 2.11 bits per heavy atom. The number of carbonyl (C=O) groups excluding carboxylic acids is 1. The predicted octanol–water partition coefficient (Wildman–Crippen LogP) is 3.21. The van der Waals surface area contributed by atoms with Crippen molar-refractivity contribution in [2.45, 2.75) is 38.6 Å². The van der Waals surface area contributed by atoms with Crippen molar-refractivity contribution < 1.29 is 4.79 Å². The number of carbonyl (C=O) groups is 1. The molecular weight excluding hydrogens is 292 g/mol. The number of anilines is 1. The van der Waals surface area contributed by atoms with Crippen molar-refractivity contribution in [2.75, 3.05) is 5.32 Å². The van der Waals surface area contributed by atoms with E-state index in [4.69, 9.17) is 5.73 Å². The standard InChI is InChI=1S/C14H19BrN2O/c1-9-6-7-10(15)8-13(9)17-14(18)11-4-2-3-5-12(11)16/h6-8,11-12H,2-5,16H2,1H3,(H,17,18). The molecule has 1 aromatic carbocycles. The fraction of sp³-hybridized carbons (Fsp3) is 0.500. The number of rotatable bonds is 2. The number of benzene rings is 1. The molecule has 0 saturated heterocycles. The zero-order valence-corrected chi connectivity index (χ0v) is 12.2. The Hall–Kier alpha value is -0.870. The highest BCUT2D eigenvalue weighted by Gasteiger charge is 2.28. The third kappa shape index (κ3) is 3.12. The maximum atomic E-state index is 12.2. The summed E-state index contributed by atoms with van der Waals surface area (Å²) in [5.74, 6) is 0.0144. The lowest BCUT2D eigenvalue weighted by Gasteiger charge is -2.27. The number of amides is 1. The molecule has 0 radical (unpaired) electrons. The highest BCUT2D eigenvalue weighted by Crippen LogP contribution is 2.26. The summed E-state index contributed by atoms with van der Waals surface area (Å²) in [4.78, 5) is 12.2. The van der Waals surface area contributed by atoms with Gasteiger partial charge in [0.15, 0.2) is 0 Å². The van der Waals surface area contributed by atoms with Gasteiger partial charge in [0.1, 0.15) is 0 Å². The third-order valence-electron chi connectivity index (χ3n) is 3.61. The van der Waals surface area contributed by atoms with Crippen LogP contribution in [0.4, 0.5) is 5.69 Å². The molecule has 1 amide bonds. The van der Waals surface area contributed by atoms with E-state index >= 15 is 0 Å². The Morgan fingerprint density at radius 3 is 2.83 bits per heavy atom. The van der Waals surface area contributed by atoms with Gasteiger partial charge >= 0.3 is 0 Å². The van der Waals surface area contributed by atoms with E-state index in [0.717, 1.165) is 41.4 Å². The molecule has 1 saturated carbocycles. The molecule has 2 rings (SSSR count). The van der Waals surface area contributed by atoms with Gasteiger partial charge in [-0.3, -0.25) is 4.79 Å². The van der Waals surface area contributed by atoms with Crippen LogP contribution >= 0.6 is 15.9 Å². The Kier molecular flexibility index (Phi) is 4.40. The molecular formula is C14H19BrN2O. The average molecular weight is 311 g/mol. The minimum atomic E-state index is -0.0443. The van der Waals surface area contributed by atoms with Crippen LogP contribution in [0.3, 0.4) is 0 Å². The maximum Gasteiger partial charge on any atom is 0.229 e. The van der Waals surface area contributed by atoms with E-state index < -0.39 is 0 Å². The minimum Gasteiger partial charge on any atom is -0.327 e. The summed E-state index contributed by atoms with van der Waals surface area (Å²) < 4.78 is 0.969. The second kappa shape index (κ2) is 5.85. The van der Waals surface area contributed by atoms with Gasteiger partial charge in [0.2, 0.25) is 5.91 Å². The highest BCUT2D eigenvalue weighted by atomic mass is 79.9. The monoisotopic (exact) mass is 310 g/mol. The van der Waals surface area contributed by atoms with Crippen LogP contribution in [-0.4, -0.2) is 11.9 Å². The van der Waals surface area contributed by atoms with Crippen LogP contribution in [0.1, 0.15) is 31.2 Å². The molecule has 98 valence electrons. The summed E-state index contributed by atoms with van der Waals surface area (Å²) in [5, 5.41) is 3.00. The second-order valence-corrected chi connectivity index (χ2v) is 5.92. The van der Waals surface area contributed by atoms with Crippen LogP contribution in [0.2, 0.25) is 0 Å². The second-order valence-electron chi connectivity index (χ2n) is 5.00. The first kappa shape index (κ1) is 13.6. The molecule has 1 aromatic rings. The van der Waals surface area contributed by atoms with E-state index in [0.29, 0.717) is 0 Å². The van der Waals surface area contributed by atoms with E-state index in [-0.39, 0.29) is 17.9 Å². The number of aryl methyl sites for hydroxylation is 1. The summed E-state index contributed by atoms with van der Waals surface area (Å²) in [6, 6.07) is 5.89. The van der Waals surface area contributed by atoms with Crippen LogP contribution < -0.4 is 11.1 Å². The van der Waals surface area contributed by atoms with Crippen molar-refractivity contribution in [1.29, 1.82) is 0 Å². The molecule has 1 aliphatic rings. The number of hydrogen-bond acceptors (Lipinski definition) is 2. The molecule has 0 heterocycles. The van der Waals surface area contributed by atoms with Gasteiger partial charge < -0.3 is 11.1 Å². The van der Waals surface area contributed by atoms with Gasteiger partial charge in [-0.1, -0.05) is 34.8 Å². The molecule has 0 aromatic heterocycles. The molecule has 2 atom stereocenters. The molecule has 3 N–H and O–H groups in total. The van der Waals surface area contributed by atoms with Gasteiger partial charge in [-0.05, 0) is 37.5 Å². The van der Waals surface area contributed by atoms with Crippen molar-refractivity contribution in [2.24, 2.45) is 11.7 Å². The molecule has 0 bridgehead atoms. The SMILES string of the molecule is Cc1ccc(Br)cc1NC(=O)C1CCCCC1N. The van der Waals surface area contributed by atoms with Crippen molar-refractivity contribution >= 4 is 27.5 Å². The molecule has 18 heavy (non-hydrogen) atoms. The number of halogens is 1. The smallest absolute Gasteiger partial charge is 0.229 e. The first-order valence-corrected chi connectivity index (χ1v) is 7.20. The fourth-order valence-electron chi connectivity index (χ4n) is 2.44. The summed E-state index contributed by atoms with van der Waals surface area (Å²) >= 11 is 3.42. The average Bonchev–Trinajstić information content (AvgIpc) is 2.34. The number of nitrogens with two attached hydrogens (primary N) is 1. The van der Waals surface area contributed by atoms with E-state index in [2.05, 4.69) is 21.2 Å². The summed E-state index contributed by atoms with van der Waals surface area (Å²) in [6.07, 6.45) is 4.10. The number of nitrogens with one attached hydrogen (secondary N) is 1. The molecule has 2 unspecified atom stereocenters. The first-order valence-electron chi connectivity index (χ1n) is 6.40. The van der Waals surface area contributed by atoms with Gasteiger partial charge in [0, 0.05) is 16.2 Å². The van der Waals surface area contributed by atoms with Crippen molar-refractivity contribution in [1.82, 2.24) is 0 Å². The normalized spacial score (nSPS) is 23.7. The van der Waals surface area contributed by atoms with Crippen molar-refractivity contribution in [3.8, 4) is 0 Å². The molecule has 1 aliphatic carbocycles. The lowest BCUT2D eigenvalue weighted by Crippen LogP contribution is -2.40. The fourth-order valence-corrected chi connectivity index (χ4v) is 2.80. The molecule has 1 fully saturated rings. The topological polar surface area (TPSA) is 55.1 Å². The Labute approximate surface area is 116 Å². The van der Waals surface area contributed by atoms with Crippen LogP contribution in [0.5, 0.6) is 0 Å². The lowest BCUT2D eigenvalue weighted by molar-refractivity contribution is -0.121. The van der Waals surface area contributed by atoms with E-state index in [9.17, 15) is 4.79 Å². The van der Waals surface area contributed by atoms with E-state index in [1.54, 1.807) is 0 Å². The Bertz CT molecular complexity index is 447. The zero-order chi connectivity index (χ0) is 13.1. The zero-order valence-electron chi connectivity index (χ0n) is 10.6. The maximum absolute atomic E-state index is 12.2. The summed E-state index contributed by atoms with van der Waals surface area (Å²) in [7, 11) is 0. The van der Waals surface area contributed by atoms with Gasteiger partial charge in [0.25, 0.3) is 0 Å². The summed E-state index contributed by atoms with van der Waals surface area (Å²) in [5.41, 5.74) is 7.96. The Morgan fingerprint density at radius 1 is 1.39 bits per heavy atom. The van der Waals surface area contributed by atoms with Crippen LogP contribution in [0.25, 0.3) is 0 Å². The quantitative estimate of drug-likeness (QED) is 0.881. The highest BCUT2D eigenvalue weighted by molar-refractivity contribution is 9.10. The molecule has 3 nitrogen and oxygen atoms in total. The third-order valence-corrected chi connectivity index (χ3v) is 4.11.